The van der Waals surface area contributed by atoms with E-state index in [1.54, 1.807) is 12.1 Å². The highest BCUT2D eigenvalue weighted by Crippen LogP contribution is 2.23. The van der Waals surface area contributed by atoms with Crippen molar-refractivity contribution in [2.24, 2.45) is 0 Å². The lowest BCUT2D eigenvalue weighted by molar-refractivity contribution is -0.121. The van der Waals surface area contributed by atoms with Crippen molar-refractivity contribution in [3.05, 3.63) is 94.8 Å². The van der Waals surface area contributed by atoms with E-state index in [0.717, 1.165) is 47.6 Å². The summed E-state index contributed by atoms with van der Waals surface area (Å²) >= 11 is 5.96. The monoisotopic (exact) mass is 503 g/mol. The van der Waals surface area contributed by atoms with Gasteiger partial charge >= 0.3 is 0 Å². The Bertz CT molecular complexity index is 1280. The number of imidazole rings is 1. The van der Waals surface area contributed by atoms with Crippen LogP contribution in [-0.2, 0) is 17.8 Å². The molecule has 36 heavy (non-hydrogen) atoms. The van der Waals surface area contributed by atoms with Gasteiger partial charge in [0.05, 0.1) is 30.1 Å². The molecule has 4 aromatic rings. The van der Waals surface area contributed by atoms with E-state index in [0.29, 0.717) is 24.0 Å². The Kier molecular flexibility index (Phi) is 8.65. The van der Waals surface area contributed by atoms with Crippen LogP contribution in [-0.4, -0.2) is 22.1 Å². The Morgan fingerprint density at radius 3 is 2.47 bits per heavy atom. The zero-order chi connectivity index (χ0) is 25.5. The maximum Gasteiger partial charge on any atom is 0.224 e. The summed E-state index contributed by atoms with van der Waals surface area (Å²) < 4.78 is 8.20. The molecular weight excluding hydrogens is 470 g/mol. The van der Waals surface area contributed by atoms with Crippen LogP contribution in [0, 0.1) is 0 Å². The van der Waals surface area contributed by atoms with Gasteiger partial charge in [-0.15, -0.1) is 0 Å². The average Bonchev–Trinajstić information content (AvgIpc) is 3.26. The quantitative estimate of drug-likeness (QED) is 0.222. The van der Waals surface area contributed by atoms with Crippen LogP contribution < -0.4 is 10.1 Å². The summed E-state index contributed by atoms with van der Waals surface area (Å²) in [6, 6.07) is 23.6. The number of fused-ring (bicyclic) bond motifs is 1. The van der Waals surface area contributed by atoms with E-state index in [2.05, 4.69) is 54.1 Å². The number of rotatable bonds is 11. The number of nitrogens with one attached hydrogen (secondary N) is 1. The Hall–Kier alpha value is -3.31. The first kappa shape index (κ1) is 25.8. The fourth-order valence-corrected chi connectivity index (χ4v) is 4.47. The van der Waals surface area contributed by atoms with Crippen LogP contribution in [0.4, 0.5) is 0 Å². The number of carbonyl (C=O) groups is 1. The maximum absolute atomic E-state index is 12.7. The molecule has 188 valence electrons. The van der Waals surface area contributed by atoms with Crippen LogP contribution in [0.3, 0.4) is 0 Å². The molecule has 1 heterocycles. The molecule has 2 unspecified atom stereocenters. The van der Waals surface area contributed by atoms with Gasteiger partial charge < -0.3 is 14.6 Å². The van der Waals surface area contributed by atoms with Crippen molar-refractivity contribution in [3.8, 4) is 5.75 Å². The number of benzene rings is 3. The molecule has 0 aliphatic heterocycles. The number of ether oxygens (including phenoxy) is 1. The summed E-state index contributed by atoms with van der Waals surface area (Å²) in [7, 11) is 0. The van der Waals surface area contributed by atoms with Gasteiger partial charge in [0.25, 0.3) is 0 Å². The fourth-order valence-electron chi connectivity index (χ4n) is 4.35. The summed E-state index contributed by atoms with van der Waals surface area (Å²) in [5, 5.41) is 3.77. The van der Waals surface area contributed by atoms with Crippen molar-refractivity contribution >= 4 is 28.5 Å². The minimum atomic E-state index is -0.230. The van der Waals surface area contributed by atoms with Crippen LogP contribution in [0.5, 0.6) is 5.75 Å². The predicted molar refractivity (Wildman–Crippen MR) is 147 cm³/mol. The van der Waals surface area contributed by atoms with Crippen molar-refractivity contribution in [3.63, 3.8) is 0 Å². The van der Waals surface area contributed by atoms with Crippen LogP contribution in [0.1, 0.15) is 62.5 Å². The van der Waals surface area contributed by atoms with Gasteiger partial charge in [0.15, 0.2) is 0 Å². The van der Waals surface area contributed by atoms with E-state index in [9.17, 15) is 4.79 Å². The van der Waals surface area contributed by atoms with Gasteiger partial charge in [-0.1, -0.05) is 61.8 Å². The first-order valence-corrected chi connectivity index (χ1v) is 13.0. The van der Waals surface area contributed by atoms with Gasteiger partial charge in [-0.2, -0.15) is 0 Å². The first-order valence-electron chi connectivity index (χ1n) is 12.7. The minimum absolute atomic E-state index is 0.0485. The number of amides is 1. The Morgan fingerprint density at radius 2 is 1.75 bits per heavy atom. The van der Waals surface area contributed by atoms with E-state index < -0.39 is 0 Å². The summed E-state index contributed by atoms with van der Waals surface area (Å²) in [6.45, 7) is 7.77. The number of halogens is 1. The summed E-state index contributed by atoms with van der Waals surface area (Å²) in [5.41, 5.74) is 4.25. The number of nitrogens with zero attached hydrogens (tertiary/aromatic N) is 2. The second-order valence-corrected chi connectivity index (χ2v) is 9.72. The topological polar surface area (TPSA) is 56.1 Å². The normalized spacial score (nSPS) is 12.9. The van der Waals surface area contributed by atoms with Crippen molar-refractivity contribution < 1.29 is 9.53 Å². The van der Waals surface area contributed by atoms with E-state index in [1.165, 1.54) is 5.56 Å². The zero-order valence-electron chi connectivity index (χ0n) is 21.2. The molecule has 0 aliphatic rings. The molecule has 5 nitrogen and oxygen atoms in total. The van der Waals surface area contributed by atoms with Crippen molar-refractivity contribution in [2.45, 2.75) is 58.5 Å². The highest BCUT2D eigenvalue weighted by molar-refractivity contribution is 6.30. The van der Waals surface area contributed by atoms with Crippen LogP contribution >= 0.6 is 11.6 Å². The van der Waals surface area contributed by atoms with Gasteiger partial charge in [-0.3, -0.25) is 4.79 Å². The van der Waals surface area contributed by atoms with Crippen LogP contribution in [0.25, 0.3) is 11.0 Å². The minimum Gasteiger partial charge on any atom is -0.494 e. The Labute approximate surface area is 218 Å². The molecule has 0 saturated heterocycles. The fraction of sp³-hybridized carbons (Fsp3) is 0.333. The number of carbonyl (C=O) groups excluding carboxylic acids is 1. The molecule has 0 radical (unpaired) electrons. The van der Waals surface area contributed by atoms with E-state index >= 15 is 0 Å². The van der Waals surface area contributed by atoms with Crippen molar-refractivity contribution in [1.29, 1.82) is 0 Å². The molecule has 0 fully saturated rings. The molecule has 1 N–H and O–H groups in total. The summed E-state index contributed by atoms with van der Waals surface area (Å²) in [5.74, 6) is 2.24. The number of aromatic nitrogens is 2. The highest BCUT2D eigenvalue weighted by atomic mass is 35.5. The maximum atomic E-state index is 12.7. The van der Waals surface area contributed by atoms with E-state index in [-0.39, 0.29) is 11.9 Å². The van der Waals surface area contributed by atoms with Gasteiger partial charge in [0.2, 0.25) is 5.91 Å². The van der Waals surface area contributed by atoms with Crippen molar-refractivity contribution in [2.75, 3.05) is 6.61 Å². The predicted octanol–water partition coefficient (Wildman–Crippen LogP) is 7.09. The Morgan fingerprint density at radius 1 is 1.03 bits per heavy atom. The van der Waals surface area contributed by atoms with Crippen molar-refractivity contribution in [1.82, 2.24) is 14.9 Å². The molecule has 0 spiro atoms. The van der Waals surface area contributed by atoms with E-state index in [4.69, 9.17) is 21.3 Å². The molecule has 1 aromatic heterocycles. The number of aryl methyl sites for hydroxylation is 1. The second-order valence-electron chi connectivity index (χ2n) is 9.28. The van der Waals surface area contributed by atoms with Gasteiger partial charge in [0.1, 0.15) is 11.6 Å². The van der Waals surface area contributed by atoms with E-state index in [1.807, 2.05) is 37.3 Å². The largest absolute Gasteiger partial charge is 0.494 e. The third kappa shape index (κ3) is 6.46. The standard InChI is InChI=1S/C30H34ClN3O2/c1-4-21(2)24-12-16-26(17-13-24)36-19-7-18-34-28-9-6-5-8-27(28)33-30(34)22(3)32-29(35)20-23-10-14-25(31)15-11-23/h5-6,8-17,21-22H,4,7,18-20H2,1-3H3,(H,32,35). The SMILES string of the molecule is CCC(C)c1ccc(OCCCn2c(C(C)NC(=O)Cc3ccc(Cl)cc3)nc3ccccc32)cc1. The van der Waals surface area contributed by atoms with Gasteiger partial charge in [-0.05, 0) is 73.2 Å². The molecule has 6 heteroatoms. The Balaban J connectivity index is 1.39. The molecule has 0 saturated carbocycles. The third-order valence-corrected chi connectivity index (χ3v) is 6.84. The lowest BCUT2D eigenvalue weighted by Gasteiger charge is -2.17. The average molecular weight is 504 g/mol. The van der Waals surface area contributed by atoms with Gasteiger partial charge in [0, 0.05) is 11.6 Å². The van der Waals surface area contributed by atoms with Crippen LogP contribution in [0.2, 0.25) is 5.02 Å². The third-order valence-electron chi connectivity index (χ3n) is 6.58. The second kappa shape index (κ2) is 12.1. The molecule has 2 atom stereocenters. The summed E-state index contributed by atoms with van der Waals surface area (Å²) in [4.78, 5) is 17.6. The molecular formula is C30H34ClN3O2. The highest BCUT2D eigenvalue weighted by Gasteiger charge is 2.18. The number of hydrogen-bond donors (Lipinski definition) is 1. The van der Waals surface area contributed by atoms with Gasteiger partial charge in [-0.25, -0.2) is 4.98 Å². The molecule has 3 aromatic carbocycles. The zero-order valence-corrected chi connectivity index (χ0v) is 22.0. The van der Waals surface area contributed by atoms with Crippen LogP contribution in [0.15, 0.2) is 72.8 Å². The molecule has 4 rings (SSSR count). The molecule has 0 bridgehead atoms. The number of hydrogen-bond acceptors (Lipinski definition) is 3. The number of para-hydroxylation sites is 2. The molecule has 1 amide bonds. The smallest absolute Gasteiger partial charge is 0.224 e. The first-order chi connectivity index (χ1) is 17.4. The summed E-state index contributed by atoms with van der Waals surface area (Å²) in [6.07, 6.45) is 2.25. The lowest BCUT2D eigenvalue weighted by atomic mass is 9.99. The lowest BCUT2D eigenvalue weighted by Crippen LogP contribution is -2.30. The molecule has 0 aliphatic carbocycles.